The number of hydrogen-bond donors (Lipinski definition) is 2. The van der Waals surface area contributed by atoms with Gasteiger partial charge in [-0.3, -0.25) is 4.90 Å². The molecule has 0 amide bonds. The summed E-state index contributed by atoms with van der Waals surface area (Å²) in [5, 5.41) is 5.21. The number of anilines is 1. The number of para-hydroxylation sites is 1. The monoisotopic (exact) mass is 445 g/mol. The topological polar surface area (TPSA) is 56.8 Å². The minimum Gasteiger partial charge on any atom is -0.360 e. The first kappa shape index (κ1) is 21.0. The van der Waals surface area contributed by atoms with Crippen molar-refractivity contribution in [2.75, 3.05) is 18.4 Å². The molecule has 2 aromatic carbocycles. The molecule has 1 saturated heterocycles. The highest BCUT2D eigenvalue weighted by Gasteiger charge is 2.21. The number of aromatic nitrogens is 3. The van der Waals surface area contributed by atoms with Crippen molar-refractivity contribution in [2.45, 2.75) is 38.8 Å². The van der Waals surface area contributed by atoms with E-state index in [4.69, 9.17) is 16.6 Å². The molecule has 0 aliphatic carbocycles. The number of rotatable bonds is 6. The van der Waals surface area contributed by atoms with E-state index in [-0.39, 0.29) is 0 Å². The standard InChI is InChI=1S/C26H28ClN5/c1-2-18-6-5-7-19(14-18)17-32-12-10-20(11-13-32)30-26-29-16-23(27)25(31-26)22-15-28-24-9-4-3-8-21(22)24/h3-9,14-16,20,28H,2,10-13,17H2,1H3,(H,29,30,31). The number of piperidine rings is 1. The van der Waals surface area contributed by atoms with Gasteiger partial charge < -0.3 is 10.3 Å². The second kappa shape index (κ2) is 9.31. The quantitative estimate of drug-likeness (QED) is 0.387. The van der Waals surface area contributed by atoms with Crippen LogP contribution in [0.4, 0.5) is 5.95 Å². The third kappa shape index (κ3) is 4.50. The van der Waals surface area contributed by atoms with Crippen molar-refractivity contribution >= 4 is 28.5 Å². The molecule has 0 radical (unpaired) electrons. The lowest BCUT2D eigenvalue weighted by molar-refractivity contribution is 0.211. The van der Waals surface area contributed by atoms with E-state index in [9.17, 15) is 0 Å². The summed E-state index contributed by atoms with van der Waals surface area (Å²) in [5.41, 5.74) is 5.64. The van der Waals surface area contributed by atoms with Crippen molar-refractivity contribution in [1.82, 2.24) is 19.9 Å². The summed E-state index contributed by atoms with van der Waals surface area (Å²) in [4.78, 5) is 15.1. The summed E-state index contributed by atoms with van der Waals surface area (Å²) in [6, 6.07) is 17.5. The van der Waals surface area contributed by atoms with Crippen LogP contribution in [-0.2, 0) is 13.0 Å². The van der Waals surface area contributed by atoms with Gasteiger partial charge in [0.15, 0.2) is 0 Å². The van der Waals surface area contributed by atoms with E-state index in [2.05, 4.69) is 63.5 Å². The van der Waals surface area contributed by atoms with Crippen LogP contribution in [0.2, 0.25) is 5.02 Å². The zero-order chi connectivity index (χ0) is 21.9. The van der Waals surface area contributed by atoms with Gasteiger partial charge >= 0.3 is 0 Å². The maximum absolute atomic E-state index is 6.48. The van der Waals surface area contributed by atoms with Gasteiger partial charge in [0.2, 0.25) is 5.95 Å². The second-order valence-electron chi connectivity index (χ2n) is 8.51. The number of benzene rings is 2. The first-order valence-corrected chi connectivity index (χ1v) is 11.7. The normalized spacial score (nSPS) is 15.3. The predicted octanol–water partition coefficient (Wildman–Crippen LogP) is 5.92. The minimum absolute atomic E-state index is 0.366. The van der Waals surface area contributed by atoms with Crippen molar-refractivity contribution < 1.29 is 0 Å². The van der Waals surface area contributed by atoms with Gasteiger partial charge in [-0.2, -0.15) is 0 Å². The van der Waals surface area contributed by atoms with Crippen LogP contribution >= 0.6 is 11.6 Å². The first-order valence-electron chi connectivity index (χ1n) is 11.4. The molecule has 1 aliphatic heterocycles. The van der Waals surface area contributed by atoms with Crippen molar-refractivity contribution in [2.24, 2.45) is 0 Å². The average Bonchev–Trinajstić information content (AvgIpc) is 3.26. The number of hydrogen-bond acceptors (Lipinski definition) is 4. The third-order valence-corrected chi connectivity index (χ3v) is 6.59. The Bertz CT molecular complexity index is 1210. The Morgan fingerprint density at radius 3 is 2.75 bits per heavy atom. The Morgan fingerprint density at radius 1 is 1.09 bits per heavy atom. The van der Waals surface area contributed by atoms with Gasteiger partial charge in [-0.15, -0.1) is 0 Å². The first-order chi connectivity index (χ1) is 15.7. The molecule has 0 atom stereocenters. The van der Waals surface area contributed by atoms with E-state index >= 15 is 0 Å². The largest absolute Gasteiger partial charge is 0.360 e. The van der Waals surface area contributed by atoms with Crippen molar-refractivity contribution in [1.29, 1.82) is 0 Å². The average molecular weight is 446 g/mol. The summed E-state index contributed by atoms with van der Waals surface area (Å²) in [6.45, 7) is 5.36. The lowest BCUT2D eigenvalue weighted by Crippen LogP contribution is -2.39. The molecule has 0 unspecified atom stereocenters. The fourth-order valence-electron chi connectivity index (χ4n) is 4.52. The fraction of sp³-hybridized carbons (Fsp3) is 0.308. The molecule has 1 fully saturated rings. The molecular formula is C26H28ClN5. The third-order valence-electron chi connectivity index (χ3n) is 6.32. The van der Waals surface area contributed by atoms with Crippen LogP contribution in [0.25, 0.3) is 22.2 Å². The van der Waals surface area contributed by atoms with E-state index < -0.39 is 0 Å². The highest BCUT2D eigenvalue weighted by molar-refractivity contribution is 6.33. The molecule has 2 aromatic heterocycles. The van der Waals surface area contributed by atoms with Crippen molar-refractivity contribution in [3.05, 3.63) is 77.1 Å². The molecule has 2 N–H and O–H groups in total. The molecule has 3 heterocycles. The van der Waals surface area contributed by atoms with E-state index in [0.29, 0.717) is 17.0 Å². The summed E-state index contributed by atoms with van der Waals surface area (Å²) >= 11 is 6.48. The SMILES string of the molecule is CCc1cccc(CN2CCC(Nc3ncc(Cl)c(-c4c[nH]c5ccccc45)n3)CC2)c1. The molecule has 0 saturated carbocycles. The van der Waals surface area contributed by atoms with Crippen LogP contribution < -0.4 is 5.32 Å². The fourth-order valence-corrected chi connectivity index (χ4v) is 4.71. The summed E-state index contributed by atoms with van der Waals surface area (Å²) in [7, 11) is 0. The zero-order valence-corrected chi connectivity index (χ0v) is 19.1. The Kier molecular flexibility index (Phi) is 6.10. The predicted molar refractivity (Wildman–Crippen MR) is 132 cm³/mol. The molecule has 164 valence electrons. The summed E-state index contributed by atoms with van der Waals surface area (Å²) < 4.78 is 0. The van der Waals surface area contributed by atoms with Crippen LogP contribution in [0.15, 0.2) is 60.9 Å². The molecular weight excluding hydrogens is 418 g/mol. The number of aryl methyl sites for hydroxylation is 1. The maximum atomic E-state index is 6.48. The summed E-state index contributed by atoms with van der Waals surface area (Å²) in [6.07, 6.45) is 6.89. The smallest absolute Gasteiger partial charge is 0.223 e. The molecule has 5 nitrogen and oxygen atoms in total. The van der Waals surface area contributed by atoms with Crippen molar-refractivity contribution in [3.8, 4) is 11.3 Å². The zero-order valence-electron chi connectivity index (χ0n) is 18.3. The van der Waals surface area contributed by atoms with Crippen LogP contribution in [-0.4, -0.2) is 39.0 Å². The van der Waals surface area contributed by atoms with E-state index in [1.807, 2.05) is 18.3 Å². The molecule has 5 rings (SSSR count). The Morgan fingerprint density at radius 2 is 1.91 bits per heavy atom. The molecule has 1 aliphatic rings. The minimum atomic E-state index is 0.366. The number of nitrogens with one attached hydrogen (secondary N) is 2. The van der Waals surface area contributed by atoms with E-state index in [1.165, 1.54) is 11.1 Å². The summed E-state index contributed by atoms with van der Waals surface area (Å²) in [5.74, 6) is 0.642. The van der Waals surface area contributed by atoms with Crippen LogP contribution in [0.1, 0.15) is 30.9 Å². The lowest BCUT2D eigenvalue weighted by atomic mass is 10.0. The van der Waals surface area contributed by atoms with Crippen molar-refractivity contribution in [3.63, 3.8) is 0 Å². The number of likely N-dealkylation sites (tertiary alicyclic amines) is 1. The van der Waals surface area contributed by atoms with E-state index in [1.54, 1.807) is 6.20 Å². The van der Waals surface area contributed by atoms with Crippen LogP contribution in [0, 0.1) is 0 Å². The molecule has 4 aromatic rings. The molecule has 0 spiro atoms. The van der Waals surface area contributed by atoms with Gasteiger partial charge in [0, 0.05) is 48.3 Å². The number of aromatic amines is 1. The van der Waals surface area contributed by atoms with Gasteiger partial charge in [-0.25, -0.2) is 9.97 Å². The highest BCUT2D eigenvalue weighted by atomic mass is 35.5. The van der Waals surface area contributed by atoms with E-state index in [0.717, 1.165) is 61.1 Å². The second-order valence-corrected chi connectivity index (χ2v) is 8.91. The number of fused-ring (bicyclic) bond motifs is 1. The Labute approximate surface area is 193 Å². The van der Waals surface area contributed by atoms with Gasteiger partial charge in [0.25, 0.3) is 0 Å². The number of H-pyrrole nitrogens is 1. The van der Waals surface area contributed by atoms with Crippen LogP contribution in [0.3, 0.4) is 0 Å². The highest BCUT2D eigenvalue weighted by Crippen LogP contribution is 2.32. The molecule has 0 bridgehead atoms. The van der Waals surface area contributed by atoms with Gasteiger partial charge in [0.1, 0.15) is 0 Å². The molecule has 32 heavy (non-hydrogen) atoms. The Balaban J connectivity index is 1.24. The molecule has 6 heteroatoms. The van der Waals surface area contributed by atoms with Crippen LogP contribution in [0.5, 0.6) is 0 Å². The number of halogens is 1. The van der Waals surface area contributed by atoms with Gasteiger partial charge in [-0.05, 0) is 36.5 Å². The Hall–Kier alpha value is -2.89. The number of nitrogens with zero attached hydrogens (tertiary/aromatic N) is 3. The maximum Gasteiger partial charge on any atom is 0.223 e. The van der Waals surface area contributed by atoms with Gasteiger partial charge in [-0.1, -0.05) is 61.0 Å². The van der Waals surface area contributed by atoms with Gasteiger partial charge in [0.05, 0.1) is 16.9 Å². The lowest BCUT2D eigenvalue weighted by Gasteiger charge is -2.32.